The molecule has 0 radical (unpaired) electrons. The van der Waals surface area contributed by atoms with E-state index in [1.54, 1.807) is 10.6 Å². The Hall–Kier alpha value is -2.64. The summed E-state index contributed by atoms with van der Waals surface area (Å²) >= 11 is 6.94. The van der Waals surface area contributed by atoms with E-state index >= 15 is 0 Å². The van der Waals surface area contributed by atoms with Crippen LogP contribution >= 0.6 is 31.9 Å². The van der Waals surface area contributed by atoms with Crippen LogP contribution < -0.4 is 5.56 Å². The first-order valence-electron chi connectivity index (χ1n) is 8.90. The summed E-state index contributed by atoms with van der Waals surface area (Å²) < 4.78 is 3.12. The van der Waals surface area contributed by atoms with Crippen molar-refractivity contribution in [2.45, 2.75) is 13.0 Å². The van der Waals surface area contributed by atoms with Crippen LogP contribution in [0.2, 0.25) is 0 Å². The van der Waals surface area contributed by atoms with Crippen LogP contribution in [0.1, 0.15) is 5.56 Å². The molecule has 0 unspecified atom stereocenters. The van der Waals surface area contributed by atoms with Gasteiger partial charge < -0.3 is 10.2 Å². The molecule has 4 aromatic rings. The van der Waals surface area contributed by atoms with Crippen molar-refractivity contribution in [3.05, 3.63) is 85.5 Å². The minimum absolute atomic E-state index is 0.0675. The van der Waals surface area contributed by atoms with Crippen molar-refractivity contribution < 1.29 is 10.2 Å². The van der Waals surface area contributed by atoms with E-state index in [4.69, 9.17) is 4.98 Å². The van der Waals surface area contributed by atoms with Crippen LogP contribution in [0, 0.1) is 0 Å². The predicted molar refractivity (Wildman–Crippen MR) is 120 cm³/mol. The second-order valence-corrected chi connectivity index (χ2v) is 8.38. The molecule has 1 heterocycles. The monoisotopic (exact) mass is 514 g/mol. The normalized spacial score (nSPS) is 11.1. The van der Waals surface area contributed by atoms with Gasteiger partial charge in [0.2, 0.25) is 0 Å². The lowest BCUT2D eigenvalue weighted by Crippen LogP contribution is -2.24. The summed E-state index contributed by atoms with van der Waals surface area (Å²) in [5.41, 5.74) is 1.80. The lowest BCUT2D eigenvalue weighted by molar-refractivity contribution is 0.452. The largest absolute Gasteiger partial charge is 0.508 e. The Morgan fingerprint density at radius 2 is 1.72 bits per heavy atom. The van der Waals surface area contributed by atoms with Gasteiger partial charge in [-0.05, 0) is 58.2 Å². The molecule has 0 aliphatic heterocycles. The molecule has 4 rings (SSSR count). The number of aromatic hydroxyl groups is 2. The van der Waals surface area contributed by atoms with E-state index in [9.17, 15) is 15.0 Å². The second kappa shape index (κ2) is 8.00. The maximum Gasteiger partial charge on any atom is 0.261 e. The predicted octanol–water partition coefficient (Wildman–Crippen LogP) is 5.24. The Balaban J connectivity index is 1.89. The minimum atomic E-state index is -0.171. The molecule has 2 N–H and O–H groups in total. The van der Waals surface area contributed by atoms with Crippen LogP contribution in [0.3, 0.4) is 0 Å². The van der Waals surface area contributed by atoms with Gasteiger partial charge in [0.15, 0.2) is 0 Å². The standard InChI is InChI=1S/C22H16Br2N2O3/c23-15-11-17-20(18(24)12-15)25-21(13-4-2-1-3-5-13)26(22(17)29)9-8-14-10-16(27)6-7-19(14)28/h1-7,10-12,27-28H,8-9H2. The summed E-state index contributed by atoms with van der Waals surface area (Å²) in [6.07, 6.45) is 0.363. The average Bonchev–Trinajstić information content (AvgIpc) is 2.70. The first-order valence-corrected chi connectivity index (χ1v) is 10.5. The fourth-order valence-electron chi connectivity index (χ4n) is 3.27. The van der Waals surface area contributed by atoms with Gasteiger partial charge in [-0.25, -0.2) is 4.98 Å². The van der Waals surface area contributed by atoms with Crippen LogP contribution in [0.25, 0.3) is 22.3 Å². The number of phenols is 2. The zero-order valence-corrected chi connectivity index (χ0v) is 18.3. The summed E-state index contributed by atoms with van der Waals surface area (Å²) in [5, 5.41) is 20.3. The molecule has 5 nitrogen and oxygen atoms in total. The van der Waals surface area contributed by atoms with Gasteiger partial charge in [-0.15, -0.1) is 0 Å². The average molecular weight is 516 g/mol. The Morgan fingerprint density at radius 3 is 2.48 bits per heavy atom. The van der Waals surface area contributed by atoms with Gasteiger partial charge in [0.05, 0.1) is 10.9 Å². The molecule has 3 aromatic carbocycles. The quantitative estimate of drug-likeness (QED) is 0.364. The molecule has 0 fully saturated rings. The number of hydrogen-bond acceptors (Lipinski definition) is 4. The number of fused-ring (bicyclic) bond motifs is 1. The van der Waals surface area contributed by atoms with Crippen molar-refractivity contribution in [3.8, 4) is 22.9 Å². The number of aryl methyl sites for hydroxylation is 1. The Bertz CT molecular complexity index is 1270. The van der Waals surface area contributed by atoms with Crippen LogP contribution in [-0.4, -0.2) is 19.8 Å². The van der Waals surface area contributed by atoms with E-state index in [0.29, 0.717) is 35.3 Å². The van der Waals surface area contributed by atoms with Gasteiger partial charge in [0.1, 0.15) is 17.3 Å². The second-order valence-electron chi connectivity index (χ2n) is 6.61. The zero-order valence-electron chi connectivity index (χ0n) is 15.1. The van der Waals surface area contributed by atoms with E-state index < -0.39 is 0 Å². The Kier molecular flexibility index (Phi) is 5.43. The van der Waals surface area contributed by atoms with Gasteiger partial charge in [-0.1, -0.05) is 46.3 Å². The summed E-state index contributed by atoms with van der Waals surface area (Å²) in [7, 11) is 0. The smallest absolute Gasteiger partial charge is 0.261 e. The van der Waals surface area contributed by atoms with E-state index in [0.717, 1.165) is 14.5 Å². The zero-order chi connectivity index (χ0) is 20.5. The highest BCUT2D eigenvalue weighted by atomic mass is 79.9. The Labute approximate surface area is 183 Å². The molecular weight excluding hydrogens is 500 g/mol. The molecule has 0 saturated carbocycles. The van der Waals surface area contributed by atoms with Crippen molar-refractivity contribution in [2.24, 2.45) is 0 Å². The SMILES string of the molecule is O=c1c2cc(Br)cc(Br)c2nc(-c2ccccc2)n1CCc1cc(O)ccc1O. The maximum absolute atomic E-state index is 13.4. The molecule has 0 amide bonds. The number of rotatable bonds is 4. The fourth-order valence-corrected chi connectivity index (χ4v) is 4.58. The number of benzene rings is 3. The number of halogens is 2. The van der Waals surface area contributed by atoms with Crippen molar-refractivity contribution in [1.82, 2.24) is 9.55 Å². The third-order valence-electron chi connectivity index (χ3n) is 4.68. The molecular formula is C22H16Br2N2O3. The minimum Gasteiger partial charge on any atom is -0.508 e. The lowest BCUT2D eigenvalue weighted by atomic mass is 10.1. The van der Waals surface area contributed by atoms with Crippen molar-refractivity contribution >= 4 is 42.8 Å². The molecule has 29 heavy (non-hydrogen) atoms. The summed E-state index contributed by atoms with van der Waals surface area (Å²) in [6, 6.07) is 17.5. The van der Waals surface area contributed by atoms with Gasteiger partial charge in [0.25, 0.3) is 5.56 Å². The van der Waals surface area contributed by atoms with Crippen LogP contribution in [0.5, 0.6) is 11.5 Å². The van der Waals surface area contributed by atoms with Gasteiger partial charge in [-0.2, -0.15) is 0 Å². The fraction of sp³-hybridized carbons (Fsp3) is 0.0909. The summed E-state index contributed by atoms with van der Waals surface area (Å²) in [4.78, 5) is 18.2. The highest BCUT2D eigenvalue weighted by Crippen LogP contribution is 2.28. The maximum atomic E-state index is 13.4. The molecule has 0 aliphatic rings. The van der Waals surface area contributed by atoms with Crippen molar-refractivity contribution in [2.75, 3.05) is 0 Å². The third kappa shape index (κ3) is 3.93. The molecule has 1 aromatic heterocycles. The van der Waals surface area contributed by atoms with Gasteiger partial charge in [0, 0.05) is 21.1 Å². The van der Waals surface area contributed by atoms with Gasteiger partial charge in [-0.3, -0.25) is 9.36 Å². The molecule has 0 bridgehead atoms. The molecule has 7 heteroatoms. The number of hydrogen-bond donors (Lipinski definition) is 2. The van der Waals surface area contributed by atoms with Crippen LogP contribution in [0.4, 0.5) is 0 Å². The topological polar surface area (TPSA) is 75.4 Å². The molecule has 0 atom stereocenters. The van der Waals surface area contributed by atoms with E-state index in [-0.39, 0.29) is 17.1 Å². The van der Waals surface area contributed by atoms with Crippen molar-refractivity contribution in [1.29, 1.82) is 0 Å². The van der Waals surface area contributed by atoms with E-state index in [2.05, 4.69) is 31.9 Å². The molecule has 0 spiro atoms. The molecule has 0 saturated heterocycles. The number of phenolic OH excluding ortho intramolecular Hbond substituents is 2. The third-order valence-corrected chi connectivity index (χ3v) is 5.74. The summed E-state index contributed by atoms with van der Waals surface area (Å²) in [6.45, 7) is 0.299. The van der Waals surface area contributed by atoms with Gasteiger partial charge >= 0.3 is 0 Å². The first-order chi connectivity index (χ1) is 13.9. The van der Waals surface area contributed by atoms with E-state index in [1.165, 1.54) is 18.2 Å². The van der Waals surface area contributed by atoms with E-state index in [1.807, 2.05) is 36.4 Å². The molecule has 0 aliphatic carbocycles. The number of aromatic nitrogens is 2. The van der Waals surface area contributed by atoms with Crippen LogP contribution in [-0.2, 0) is 13.0 Å². The highest BCUT2D eigenvalue weighted by Gasteiger charge is 2.16. The highest BCUT2D eigenvalue weighted by molar-refractivity contribution is 9.11. The van der Waals surface area contributed by atoms with Crippen LogP contribution in [0.15, 0.2) is 74.4 Å². The Morgan fingerprint density at radius 1 is 0.966 bits per heavy atom. The first kappa shape index (κ1) is 19.7. The van der Waals surface area contributed by atoms with Crippen molar-refractivity contribution in [3.63, 3.8) is 0 Å². The number of nitrogens with zero attached hydrogens (tertiary/aromatic N) is 2. The summed E-state index contributed by atoms with van der Waals surface area (Å²) in [5.74, 6) is 0.694. The lowest BCUT2D eigenvalue weighted by Gasteiger charge is -2.15. The molecule has 146 valence electrons.